The Labute approximate surface area is 99.3 Å². The number of hydrogen-bond acceptors (Lipinski definition) is 3. The van der Waals surface area contributed by atoms with Crippen LogP contribution >= 0.6 is 11.8 Å². The van der Waals surface area contributed by atoms with Crippen LogP contribution in [0, 0.1) is 0 Å². The molecule has 84 valence electrons. The SMILES string of the molecule is C=CCCN1C(=O)CSc2ccc(N)cc21. The maximum absolute atomic E-state index is 11.8. The Balaban J connectivity index is 2.34. The summed E-state index contributed by atoms with van der Waals surface area (Å²) in [6.07, 6.45) is 2.62. The van der Waals surface area contributed by atoms with Crippen LogP contribution in [0.15, 0.2) is 35.7 Å². The van der Waals surface area contributed by atoms with Crippen molar-refractivity contribution in [2.24, 2.45) is 0 Å². The number of carbonyl (C=O) groups excluding carboxylic acids is 1. The smallest absolute Gasteiger partial charge is 0.237 e. The van der Waals surface area contributed by atoms with Crippen molar-refractivity contribution < 1.29 is 4.79 Å². The number of benzene rings is 1. The van der Waals surface area contributed by atoms with Crippen LogP contribution in [0.1, 0.15) is 6.42 Å². The number of nitrogens with two attached hydrogens (primary N) is 1. The predicted molar refractivity (Wildman–Crippen MR) is 68.7 cm³/mol. The van der Waals surface area contributed by atoms with E-state index in [2.05, 4.69) is 6.58 Å². The van der Waals surface area contributed by atoms with E-state index >= 15 is 0 Å². The zero-order valence-corrected chi connectivity index (χ0v) is 9.80. The molecule has 0 aromatic heterocycles. The van der Waals surface area contributed by atoms with Gasteiger partial charge in [-0.15, -0.1) is 18.3 Å². The Morgan fingerprint density at radius 2 is 2.38 bits per heavy atom. The minimum absolute atomic E-state index is 0.143. The van der Waals surface area contributed by atoms with Gasteiger partial charge >= 0.3 is 0 Å². The summed E-state index contributed by atoms with van der Waals surface area (Å²) >= 11 is 1.57. The van der Waals surface area contributed by atoms with Crippen molar-refractivity contribution in [1.29, 1.82) is 0 Å². The molecule has 0 aliphatic carbocycles. The number of nitrogens with zero attached hydrogens (tertiary/aromatic N) is 1. The quantitative estimate of drug-likeness (QED) is 0.644. The molecule has 0 unspecified atom stereocenters. The molecule has 0 bridgehead atoms. The number of hydrogen-bond donors (Lipinski definition) is 1. The minimum Gasteiger partial charge on any atom is -0.399 e. The first-order valence-corrected chi connectivity index (χ1v) is 6.14. The van der Waals surface area contributed by atoms with Gasteiger partial charge in [-0.3, -0.25) is 4.79 Å². The van der Waals surface area contributed by atoms with E-state index in [0.717, 1.165) is 17.0 Å². The van der Waals surface area contributed by atoms with Gasteiger partial charge in [0.1, 0.15) is 0 Å². The van der Waals surface area contributed by atoms with Crippen molar-refractivity contribution in [3.8, 4) is 0 Å². The third-order valence-corrected chi connectivity index (χ3v) is 3.53. The molecule has 1 aliphatic heterocycles. The number of amides is 1. The zero-order valence-electron chi connectivity index (χ0n) is 8.98. The largest absolute Gasteiger partial charge is 0.399 e. The lowest BCUT2D eigenvalue weighted by Crippen LogP contribution is -2.36. The molecule has 3 nitrogen and oxygen atoms in total. The van der Waals surface area contributed by atoms with Crippen molar-refractivity contribution in [2.75, 3.05) is 22.9 Å². The van der Waals surface area contributed by atoms with Gasteiger partial charge in [0.15, 0.2) is 0 Å². The van der Waals surface area contributed by atoms with Gasteiger partial charge in [-0.05, 0) is 24.6 Å². The molecule has 0 atom stereocenters. The summed E-state index contributed by atoms with van der Waals surface area (Å²) in [6, 6.07) is 5.71. The molecule has 0 spiro atoms. The monoisotopic (exact) mass is 234 g/mol. The summed E-state index contributed by atoms with van der Waals surface area (Å²) in [7, 11) is 0. The fourth-order valence-corrected chi connectivity index (χ4v) is 2.60. The van der Waals surface area contributed by atoms with E-state index in [9.17, 15) is 4.79 Å². The van der Waals surface area contributed by atoms with E-state index in [1.807, 2.05) is 24.3 Å². The lowest BCUT2D eigenvalue weighted by atomic mass is 10.2. The van der Waals surface area contributed by atoms with Gasteiger partial charge in [-0.1, -0.05) is 6.08 Å². The third-order valence-electron chi connectivity index (χ3n) is 2.48. The highest BCUT2D eigenvalue weighted by molar-refractivity contribution is 8.00. The van der Waals surface area contributed by atoms with Gasteiger partial charge in [-0.25, -0.2) is 0 Å². The Morgan fingerprint density at radius 1 is 1.56 bits per heavy atom. The van der Waals surface area contributed by atoms with Crippen LogP contribution in [0.2, 0.25) is 0 Å². The highest BCUT2D eigenvalue weighted by Gasteiger charge is 2.23. The van der Waals surface area contributed by atoms with Gasteiger partial charge in [0.05, 0.1) is 11.4 Å². The highest BCUT2D eigenvalue weighted by atomic mass is 32.2. The second-order valence-corrected chi connectivity index (χ2v) is 4.66. The van der Waals surface area contributed by atoms with Crippen LogP contribution in [0.25, 0.3) is 0 Å². The number of nitrogen functional groups attached to an aromatic ring is 1. The van der Waals surface area contributed by atoms with E-state index in [1.54, 1.807) is 16.7 Å². The lowest BCUT2D eigenvalue weighted by Gasteiger charge is -2.28. The van der Waals surface area contributed by atoms with Gasteiger partial charge < -0.3 is 10.6 Å². The molecule has 0 radical (unpaired) electrons. The highest BCUT2D eigenvalue weighted by Crippen LogP contribution is 2.36. The normalized spacial score (nSPS) is 14.8. The number of thioether (sulfide) groups is 1. The molecule has 1 amide bonds. The van der Waals surface area contributed by atoms with Gasteiger partial charge in [-0.2, -0.15) is 0 Å². The molecular formula is C12H14N2OS. The Hall–Kier alpha value is -1.42. The third kappa shape index (κ3) is 2.07. The average Bonchev–Trinajstić information content (AvgIpc) is 2.28. The standard InChI is InChI=1S/C12H14N2OS/c1-2-3-6-14-10-7-9(13)4-5-11(10)16-8-12(14)15/h2,4-5,7H,1,3,6,8,13H2. The van der Waals surface area contributed by atoms with E-state index in [4.69, 9.17) is 5.73 Å². The van der Waals surface area contributed by atoms with Crippen LogP contribution in [-0.2, 0) is 4.79 Å². The first-order valence-electron chi connectivity index (χ1n) is 5.16. The van der Waals surface area contributed by atoms with E-state index in [1.165, 1.54) is 0 Å². The van der Waals surface area contributed by atoms with Crippen LogP contribution < -0.4 is 10.6 Å². The Kier molecular flexibility index (Phi) is 3.19. The van der Waals surface area contributed by atoms with E-state index in [-0.39, 0.29) is 5.91 Å². The van der Waals surface area contributed by atoms with E-state index < -0.39 is 0 Å². The van der Waals surface area contributed by atoms with Crippen LogP contribution in [-0.4, -0.2) is 18.2 Å². The first kappa shape index (κ1) is 11.1. The number of carbonyl (C=O) groups is 1. The second kappa shape index (κ2) is 4.61. The topological polar surface area (TPSA) is 46.3 Å². The molecular weight excluding hydrogens is 220 g/mol. The molecule has 0 saturated carbocycles. The molecule has 0 fully saturated rings. The molecule has 16 heavy (non-hydrogen) atoms. The van der Waals surface area contributed by atoms with Crippen LogP contribution in [0.3, 0.4) is 0 Å². The molecule has 2 N–H and O–H groups in total. The molecule has 4 heteroatoms. The van der Waals surface area contributed by atoms with Crippen molar-refractivity contribution >= 4 is 29.0 Å². The van der Waals surface area contributed by atoms with Gasteiger partial charge in [0.25, 0.3) is 0 Å². The van der Waals surface area contributed by atoms with E-state index in [0.29, 0.717) is 18.0 Å². The summed E-state index contributed by atoms with van der Waals surface area (Å²) in [5.74, 6) is 0.651. The average molecular weight is 234 g/mol. The fourth-order valence-electron chi connectivity index (χ4n) is 1.68. The van der Waals surface area contributed by atoms with Crippen molar-refractivity contribution in [2.45, 2.75) is 11.3 Å². The Morgan fingerprint density at radius 3 is 3.12 bits per heavy atom. The maximum atomic E-state index is 11.8. The molecule has 1 aliphatic rings. The maximum Gasteiger partial charge on any atom is 0.237 e. The second-order valence-electron chi connectivity index (χ2n) is 3.64. The molecule has 2 rings (SSSR count). The lowest BCUT2D eigenvalue weighted by molar-refractivity contribution is -0.116. The van der Waals surface area contributed by atoms with Crippen molar-refractivity contribution in [1.82, 2.24) is 0 Å². The number of rotatable bonds is 3. The summed E-state index contributed by atoms with van der Waals surface area (Å²) in [5, 5.41) is 0. The first-order chi connectivity index (χ1) is 7.72. The van der Waals surface area contributed by atoms with Crippen molar-refractivity contribution in [3.63, 3.8) is 0 Å². The summed E-state index contributed by atoms with van der Waals surface area (Å²) in [6.45, 7) is 4.36. The summed E-state index contributed by atoms with van der Waals surface area (Å²) < 4.78 is 0. The predicted octanol–water partition coefficient (Wildman–Crippen LogP) is 2.28. The molecule has 1 heterocycles. The van der Waals surface area contributed by atoms with Crippen LogP contribution in [0.5, 0.6) is 0 Å². The number of fused-ring (bicyclic) bond motifs is 1. The molecule has 1 aromatic carbocycles. The van der Waals surface area contributed by atoms with Gasteiger partial charge in [0, 0.05) is 17.1 Å². The summed E-state index contributed by atoms with van der Waals surface area (Å²) in [5.41, 5.74) is 7.38. The van der Waals surface area contributed by atoms with Gasteiger partial charge in [0.2, 0.25) is 5.91 Å². The summed E-state index contributed by atoms with van der Waals surface area (Å²) in [4.78, 5) is 14.7. The number of anilines is 2. The molecule has 1 aromatic rings. The minimum atomic E-state index is 0.143. The fraction of sp³-hybridized carbons (Fsp3) is 0.250. The van der Waals surface area contributed by atoms with Crippen molar-refractivity contribution in [3.05, 3.63) is 30.9 Å². The Bertz CT molecular complexity index is 431. The van der Waals surface area contributed by atoms with Crippen LogP contribution in [0.4, 0.5) is 11.4 Å². The zero-order chi connectivity index (χ0) is 11.5. The molecule has 0 saturated heterocycles.